The van der Waals surface area contributed by atoms with Gasteiger partial charge in [0.2, 0.25) is 5.91 Å². The molecule has 0 atom stereocenters. The van der Waals surface area contributed by atoms with Crippen LogP contribution in [0.3, 0.4) is 0 Å². The largest absolute Gasteiger partial charge is 0.348 e. The first-order chi connectivity index (χ1) is 13.2. The number of amides is 2. The van der Waals surface area contributed by atoms with Crippen molar-refractivity contribution in [3.63, 3.8) is 0 Å². The first-order valence-electron chi connectivity index (χ1n) is 9.22. The number of anilines is 1. The molecule has 3 N–H and O–H groups in total. The van der Waals surface area contributed by atoms with Crippen LogP contribution in [0.5, 0.6) is 0 Å². The van der Waals surface area contributed by atoms with Gasteiger partial charge in [-0.1, -0.05) is 6.07 Å². The second kappa shape index (κ2) is 6.19. The smallest absolute Gasteiger partial charge is 0.272 e. The maximum absolute atomic E-state index is 12.4. The van der Waals surface area contributed by atoms with Crippen molar-refractivity contribution >= 4 is 28.4 Å². The van der Waals surface area contributed by atoms with E-state index in [2.05, 4.69) is 25.8 Å². The molecule has 2 saturated carbocycles. The summed E-state index contributed by atoms with van der Waals surface area (Å²) in [7, 11) is 0. The Balaban J connectivity index is 1.45. The normalized spacial score (nSPS) is 16.3. The average Bonchev–Trinajstić information content (AvgIpc) is 3.60. The Morgan fingerprint density at radius 2 is 1.89 bits per heavy atom. The summed E-state index contributed by atoms with van der Waals surface area (Å²) < 4.78 is 0. The number of H-pyrrole nitrogens is 1. The highest BCUT2D eigenvalue weighted by atomic mass is 16.2. The highest BCUT2D eigenvalue weighted by molar-refractivity contribution is 6.06. The molecule has 2 fully saturated rings. The first kappa shape index (κ1) is 16.0. The van der Waals surface area contributed by atoms with Gasteiger partial charge in [-0.25, -0.2) is 0 Å². The number of rotatable bonds is 5. The molecule has 3 aromatic rings. The Kier molecular flexibility index (Phi) is 3.67. The van der Waals surface area contributed by atoms with E-state index in [-0.39, 0.29) is 23.8 Å². The van der Waals surface area contributed by atoms with Crippen LogP contribution in [0, 0.1) is 5.92 Å². The topological polar surface area (TPSA) is 99.8 Å². The van der Waals surface area contributed by atoms with Crippen molar-refractivity contribution in [1.82, 2.24) is 20.5 Å². The minimum absolute atomic E-state index is 0.0540. The van der Waals surface area contributed by atoms with E-state index in [0.717, 1.165) is 47.7 Å². The zero-order chi connectivity index (χ0) is 18.4. The molecule has 0 aliphatic heterocycles. The Morgan fingerprint density at radius 1 is 1.04 bits per heavy atom. The molecule has 0 unspecified atom stereocenters. The summed E-state index contributed by atoms with van der Waals surface area (Å²) in [4.78, 5) is 28.6. The number of aromatic amines is 1. The summed E-state index contributed by atoms with van der Waals surface area (Å²) >= 11 is 0. The van der Waals surface area contributed by atoms with Crippen LogP contribution in [-0.4, -0.2) is 33.0 Å². The third-order valence-electron chi connectivity index (χ3n) is 4.98. The first-order valence-corrected chi connectivity index (χ1v) is 9.22. The summed E-state index contributed by atoms with van der Waals surface area (Å²) in [5.74, 6) is 0.0474. The Bertz CT molecular complexity index is 1050. The fourth-order valence-corrected chi connectivity index (χ4v) is 3.10. The monoisotopic (exact) mass is 361 g/mol. The van der Waals surface area contributed by atoms with Gasteiger partial charge in [0.25, 0.3) is 5.91 Å². The number of fused-ring (bicyclic) bond motifs is 1. The van der Waals surface area contributed by atoms with Crippen LogP contribution in [0.25, 0.3) is 22.0 Å². The maximum Gasteiger partial charge on any atom is 0.272 e. The summed E-state index contributed by atoms with van der Waals surface area (Å²) in [5, 5.41) is 13.8. The second-order valence-electron chi connectivity index (χ2n) is 7.31. The zero-order valence-corrected chi connectivity index (χ0v) is 14.7. The molecule has 0 radical (unpaired) electrons. The van der Waals surface area contributed by atoms with E-state index in [9.17, 15) is 9.59 Å². The van der Waals surface area contributed by atoms with Gasteiger partial charge in [0.15, 0.2) is 5.69 Å². The van der Waals surface area contributed by atoms with Gasteiger partial charge in [0.05, 0.1) is 17.4 Å². The van der Waals surface area contributed by atoms with Crippen LogP contribution in [0.1, 0.15) is 36.2 Å². The fourth-order valence-electron chi connectivity index (χ4n) is 3.10. The quantitative estimate of drug-likeness (QED) is 0.650. The molecule has 1 aromatic carbocycles. The standard InChI is InChI=1S/C20H19N5O2/c26-19(11-1-2-11)23-15-7-13(9-21-10-15)12-3-6-17-16(8-12)18(25-24-17)20(27)22-14-4-5-14/h3,6-11,14H,1-2,4-5H2,(H,22,27)(H,23,26)(H,24,25). The van der Waals surface area contributed by atoms with Crippen LogP contribution < -0.4 is 10.6 Å². The molecule has 2 aliphatic carbocycles. The average molecular weight is 361 g/mol. The van der Waals surface area contributed by atoms with Gasteiger partial charge < -0.3 is 10.6 Å². The summed E-state index contributed by atoms with van der Waals surface area (Å²) in [5.41, 5.74) is 3.69. The number of benzene rings is 1. The maximum atomic E-state index is 12.4. The molecule has 5 rings (SSSR count). The summed E-state index contributed by atoms with van der Waals surface area (Å²) in [6.45, 7) is 0. The van der Waals surface area contributed by atoms with Gasteiger partial charge in [0, 0.05) is 29.1 Å². The lowest BCUT2D eigenvalue weighted by molar-refractivity contribution is -0.117. The molecule has 2 heterocycles. The van der Waals surface area contributed by atoms with Gasteiger partial charge >= 0.3 is 0 Å². The van der Waals surface area contributed by atoms with Gasteiger partial charge in [-0.3, -0.25) is 19.7 Å². The SMILES string of the molecule is O=C(NC1CC1)c1n[nH]c2ccc(-c3cncc(NC(=O)C4CC4)c3)cc12. The second-order valence-corrected chi connectivity index (χ2v) is 7.31. The van der Waals surface area contributed by atoms with E-state index in [1.165, 1.54) is 0 Å². The minimum atomic E-state index is -0.149. The molecule has 2 amide bonds. The highest BCUT2D eigenvalue weighted by Gasteiger charge is 2.29. The molecule has 136 valence electrons. The molecule has 27 heavy (non-hydrogen) atoms. The number of pyridine rings is 1. The van der Waals surface area contributed by atoms with Crippen molar-refractivity contribution in [3.8, 4) is 11.1 Å². The molecule has 2 aliphatic rings. The molecule has 0 spiro atoms. The number of aromatic nitrogens is 3. The van der Waals surface area contributed by atoms with Gasteiger partial charge in [0.1, 0.15) is 0 Å². The lowest BCUT2D eigenvalue weighted by atomic mass is 10.0. The molecule has 7 heteroatoms. The van der Waals surface area contributed by atoms with Crippen LogP contribution in [0.2, 0.25) is 0 Å². The Hall–Kier alpha value is -3.22. The fraction of sp³-hybridized carbons (Fsp3) is 0.300. The number of nitrogens with one attached hydrogen (secondary N) is 3. The predicted molar refractivity (Wildman–Crippen MR) is 101 cm³/mol. The Labute approximate surface area is 155 Å². The van der Waals surface area contributed by atoms with E-state index in [4.69, 9.17) is 0 Å². The van der Waals surface area contributed by atoms with Crippen molar-refractivity contribution in [2.24, 2.45) is 5.92 Å². The summed E-state index contributed by atoms with van der Waals surface area (Å²) in [6, 6.07) is 7.97. The molecule has 2 aromatic heterocycles. The van der Waals surface area contributed by atoms with E-state index in [1.54, 1.807) is 12.4 Å². The van der Waals surface area contributed by atoms with Crippen molar-refractivity contribution < 1.29 is 9.59 Å². The number of nitrogens with zero attached hydrogens (tertiary/aromatic N) is 2. The summed E-state index contributed by atoms with van der Waals surface area (Å²) in [6.07, 6.45) is 7.38. The third-order valence-corrected chi connectivity index (χ3v) is 4.98. The van der Waals surface area contributed by atoms with Gasteiger partial charge in [-0.2, -0.15) is 5.10 Å². The van der Waals surface area contributed by atoms with Crippen molar-refractivity contribution in [2.75, 3.05) is 5.32 Å². The number of hydrogen-bond donors (Lipinski definition) is 3. The zero-order valence-electron chi connectivity index (χ0n) is 14.7. The number of carbonyl (C=O) groups is 2. The molecular weight excluding hydrogens is 342 g/mol. The van der Waals surface area contributed by atoms with E-state index in [0.29, 0.717) is 11.4 Å². The lowest BCUT2D eigenvalue weighted by Crippen LogP contribution is -2.25. The van der Waals surface area contributed by atoms with Crippen LogP contribution in [-0.2, 0) is 4.79 Å². The highest BCUT2D eigenvalue weighted by Crippen LogP contribution is 2.31. The van der Waals surface area contributed by atoms with Crippen molar-refractivity contribution in [1.29, 1.82) is 0 Å². The van der Waals surface area contributed by atoms with Gasteiger partial charge in [-0.15, -0.1) is 0 Å². The predicted octanol–water partition coefficient (Wildman–Crippen LogP) is 2.87. The molecule has 7 nitrogen and oxygen atoms in total. The number of carbonyl (C=O) groups excluding carboxylic acids is 2. The van der Waals surface area contributed by atoms with Gasteiger partial charge in [-0.05, 0) is 49.4 Å². The van der Waals surface area contributed by atoms with Crippen molar-refractivity contribution in [2.45, 2.75) is 31.7 Å². The Morgan fingerprint density at radius 3 is 2.67 bits per heavy atom. The number of hydrogen-bond acceptors (Lipinski definition) is 4. The van der Waals surface area contributed by atoms with Crippen molar-refractivity contribution in [3.05, 3.63) is 42.4 Å². The van der Waals surface area contributed by atoms with Crippen LogP contribution >= 0.6 is 0 Å². The van der Waals surface area contributed by atoms with Crippen LogP contribution in [0.15, 0.2) is 36.7 Å². The van der Waals surface area contributed by atoms with E-state index in [1.807, 2.05) is 24.3 Å². The minimum Gasteiger partial charge on any atom is -0.348 e. The molecule has 0 bridgehead atoms. The van der Waals surface area contributed by atoms with E-state index < -0.39 is 0 Å². The van der Waals surface area contributed by atoms with E-state index >= 15 is 0 Å². The molecular formula is C20H19N5O2. The lowest BCUT2D eigenvalue weighted by Gasteiger charge is -2.07. The van der Waals surface area contributed by atoms with Crippen LogP contribution in [0.4, 0.5) is 5.69 Å². The third kappa shape index (κ3) is 3.28. The molecule has 0 saturated heterocycles.